The number of nitrogens with one attached hydrogen (secondary N) is 1. The van der Waals surface area contributed by atoms with E-state index in [1.807, 2.05) is 18.2 Å². The largest absolute Gasteiger partial charge is 0.462 e. The lowest BCUT2D eigenvalue weighted by Gasteiger charge is -2.07. The van der Waals surface area contributed by atoms with Crippen LogP contribution in [-0.4, -0.2) is 23.5 Å². The minimum atomic E-state index is -0.422. The minimum Gasteiger partial charge on any atom is -0.462 e. The van der Waals surface area contributed by atoms with E-state index in [0.717, 1.165) is 19.4 Å². The summed E-state index contributed by atoms with van der Waals surface area (Å²) in [6.07, 6.45) is 1.95. The van der Waals surface area contributed by atoms with Crippen LogP contribution in [0.5, 0.6) is 0 Å². The fraction of sp³-hybridized carbons (Fsp3) is 0.333. The number of rotatable bonds is 7. The van der Waals surface area contributed by atoms with Crippen molar-refractivity contribution in [2.75, 3.05) is 24.2 Å². The Kier molecular flexibility index (Phi) is 5.57. The maximum Gasteiger partial charge on any atom is 0.344 e. The zero-order chi connectivity index (χ0) is 15.1. The van der Waals surface area contributed by atoms with Crippen molar-refractivity contribution in [2.45, 2.75) is 19.8 Å². The number of anilines is 2. The molecule has 5 nitrogen and oxygen atoms in total. The number of nitrogen functional groups attached to an aromatic ring is 1. The van der Waals surface area contributed by atoms with Gasteiger partial charge in [-0.05, 0) is 36.9 Å². The number of aromatic nitrogens is 1. The van der Waals surface area contributed by atoms with Gasteiger partial charge in [0.25, 0.3) is 0 Å². The molecule has 1 aromatic carbocycles. The molecule has 0 aliphatic rings. The van der Waals surface area contributed by atoms with Gasteiger partial charge in [0.15, 0.2) is 5.82 Å². The van der Waals surface area contributed by atoms with Gasteiger partial charge in [0.05, 0.1) is 6.61 Å². The van der Waals surface area contributed by atoms with E-state index in [1.54, 1.807) is 6.92 Å². The third-order valence-corrected chi connectivity index (χ3v) is 3.79. The van der Waals surface area contributed by atoms with Crippen LogP contribution in [0.2, 0.25) is 0 Å². The molecule has 0 atom stereocenters. The first-order valence-electron chi connectivity index (χ1n) is 6.92. The SMILES string of the molecule is CCOC(=O)c1c(N)nsc1NCCCc1ccccc1. The van der Waals surface area contributed by atoms with E-state index in [4.69, 9.17) is 10.5 Å². The van der Waals surface area contributed by atoms with Crippen LogP contribution in [0.3, 0.4) is 0 Å². The Morgan fingerprint density at radius 1 is 1.38 bits per heavy atom. The first-order chi connectivity index (χ1) is 10.2. The molecule has 112 valence electrons. The molecular weight excluding hydrogens is 286 g/mol. The quantitative estimate of drug-likeness (QED) is 0.607. The van der Waals surface area contributed by atoms with E-state index in [2.05, 4.69) is 21.8 Å². The molecule has 1 aromatic heterocycles. The second-order valence-corrected chi connectivity index (χ2v) is 5.28. The summed E-state index contributed by atoms with van der Waals surface area (Å²) in [5.41, 5.74) is 7.37. The second kappa shape index (κ2) is 7.64. The molecule has 21 heavy (non-hydrogen) atoms. The highest BCUT2D eigenvalue weighted by Gasteiger charge is 2.20. The van der Waals surface area contributed by atoms with Crippen molar-refractivity contribution >= 4 is 28.3 Å². The van der Waals surface area contributed by atoms with Crippen LogP contribution in [0.15, 0.2) is 30.3 Å². The molecule has 1 heterocycles. The summed E-state index contributed by atoms with van der Waals surface area (Å²) in [7, 11) is 0. The zero-order valence-electron chi connectivity index (χ0n) is 12.0. The molecule has 0 amide bonds. The number of nitrogens with zero attached hydrogens (tertiary/aromatic N) is 1. The average molecular weight is 305 g/mol. The van der Waals surface area contributed by atoms with E-state index in [9.17, 15) is 4.79 Å². The number of carbonyl (C=O) groups is 1. The van der Waals surface area contributed by atoms with Crippen LogP contribution in [-0.2, 0) is 11.2 Å². The highest BCUT2D eigenvalue weighted by Crippen LogP contribution is 2.27. The molecule has 0 saturated heterocycles. The highest BCUT2D eigenvalue weighted by molar-refractivity contribution is 7.11. The molecule has 0 aliphatic heterocycles. The van der Waals surface area contributed by atoms with Crippen LogP contribution >= 0.6 is 11.5 Å². The monoisotopic (exact) mass is 305 g/mol. The number of hydrogen-bond acceptors (Lipinski definition) is 6. The predicted molar refractivity (Wildman–Crippen MR) is 85.7 cm³/mol. The zero-order valence-corrected chi connectivity index (χ0v) is 12.8. The van der Waals surface area contributed by atoms with Gasteiger partial charge in [0.1, 0.15) is 10.6 Å². The van der Waals surface area contributed by atoms with Gasteiger partial charge >= 0.3 is 5.97 Å². The van der Waals surface area contributed by atoms with Gasteiger partial charge in [-0.3, -0.25) is 0 Å². The molecule has 0 aliphatic carbocycles. The number of benzene rings is 1. The second-order valence-electron chi connectivity index (χ2n) is 4.51. The molecule has 6 heteroatoms. The summed E-state index contributed by atoms with van der Waals surface area (Å²) in [4.78, 5) is 11.8. The van der Waals surface area contributed by atoms with Crippen molar-refractivity contribution in [3.63, 3.8) is 0 Å². The Bertz CT molecular complexity index is 584. The molecule has 0 saturated carbocycles. The molecule has 0 radical (unpaired) electrons. The number of nitrogens with two attached hydrogens (primary N) is 1. The molecule has 3 N–H and O–H groups in total. The van der Waals surface area contributed by atoms with Crippen molar-refractivity contribution in [3.8, 4) is 0 Å². The molecule has 0 unspecified atom stereocenters. The van der Waals surface area contributed by atoms with Gasteiger partial charge in [0.2, 0.25) is 0 Å². The fourth-order valence-electron chi connectivity index (χ4n) is 1.96. The van der Waals surface area contributed by atoms with Gasteiger partial charge in [0, 0.05) is 6.54 Å². The van der Waals surface area contributed by atoms with Crippen molar-refractivity contribution < 1.29 is 9.53 Å². The Morgan fingerprint density at radius 3 is 2.86 bits per heavy atom. The van der Waals surface area contributed by atoms with Gasteiger partial charge in [-0.2, -0.15) is 4.37 Å². The number of esters is 1. The first kappa shape index (κ1) is 15.3. The third-order valence-electron chi connectivity index (χ3n) is 2.97. The van der Waals surface area contributed by atoms with Crippen molar-refractivity contribution in [1.82, 2.24) is 4.37 Å². The normalized spacial score (nSPS) is 10.3. The minimum absolute atomic E-state index is 0.226. The molecule has 0 fully saturated rings. The maximum absolute atomic E-state index is 11.8. The van der Waals surface area contributed by atoms with E-state index in [1.165, 1.54) is 17.1 Å². The average Bonchev–Trinajstić information content (AvgIpc) is 2.86. The van der Waals surface area contributed by atoms with E-state index >= 15 is 0 Å². The Labute approximate surface area is 128 Å². The van der Waals surface area contributed by atoms with Crippen molar-refractivity contribution in [1.29, 1.82) is 0 Å². The molecule has 2 aromatic rings. The highest BCUT2D eigenvalue weighted by atomic mass is 32.1. The van der Waals surface area contributed by atoms with Crippen molar-refractivity contribution in [3.05, 3.63) is 41.5 Å². The van der Waals surface area contributed by atoms with E-state index < -0.39 is 5.97 Å². The summed E-state index contributed by atoms with van der Waals surface area (Å²) in [6.45, 7) is 2.84. The van der Waals surface area contributed by atoms with Crippen LogP contribution in [0, 0.1) is 0 Å². The standard InChI is InChI=1S/C15H19N3O2S/c1-2-20-15(19)12-13(16)18-21-14(12)17-10-6-9-11-7-4-3-5-8-11/h3-5,7-8,17H,2,6,9-10H2,1H3,(H2,16,18). The van der Waals surface area contributed by atoms with Crippen molar-refractivity contribution in [2.24, 2.45) is 0 Å². The smallest absolute Gasteiger partial charge is 0.344 e. The fourth-order valence-corrected chi connectivity index (χ4v) is 2.69. The summed E-state index contributed by atoms with van der Waals surface area (Å²) in [6, 6.07) is 10.3. The third kappa shape index (κ3) is 4.19. The van der Waals surface area contributed by atoms with Crippen LogP contribution in [0.4, 0.5) is 10.8 Å². The summed E-state index contributed by atoms with van der Waals surface area (Å²) < 4.78 is 9.00. The van der Waals surface area contributed by atoms with Gasteiger partial charge in [-0.15, -0.1) is 0 Å². The topological polar surface area (TPSA) is 77.2 Å². The number of aryl methyl sites for hydroxylation is 1. The maximum atomic E-state index is 11.8. The lowest BCUT2D eigenvalue weighted by atomic mass is 10.1. The van der Waals surface area contributed by atoms with Gasteiger partial charge < -0.3 is 15.8 Å². The Hall–Kier alpha value is -2.08. The van der Waals surface area contributed by atoms with Crippen LogP contribution in [0.1, 0.15) is 29.3 Å². The molecule has 0 spiro atoms. The number of hydrogen-bond donors (Lipinski definition) is 2. The lowest BCUT2D eigenvalue weighted by molar-refractivity contribution is 0.0529. The van der Waals surface area contributed by atoms with Gasteiger partial charge in [-0.1, -0.05) is 30.3 Å². The predicted octanol–water partition coefficient (Wildman–Crippen LogP) is 2.95. The van der Waals surface area contributed by atoms with Crippen LogP contribution < -0.4 is 11.1 Å². The molecule has 0 bridgehead atoms. The van der Waals surface area contributed by atoms with E-state index in [0.29, 0.717) is 17.2 Å². The van der Waals surface area contributed by atoms with Crippen LogP contribution in [0.25, 0.3) is 0 Å². The first-order valence-corrected chi connectivity index (χ1v) is 7.69. The number of ether oxygens (including phenoxy) is 1. The molecular formula is C15H19N3O2S. The lowest BCUT2D eigenvalue weighted by Crippen LogP contribution is -2.10. The summed E-state index contributed by atoms with van der Waals surface area (Å²) in [5, 5.41) is 3.90. The summed E-state index contributed by atoms with van der Waals surface area (Å²) >= 11 is 1.19. The number of carbonyl (C=O) groups excluding carboxylic acids is 1. The Morgan fingerprint density at radius 2 is 2.14 bits per heavy atom. The molecule has 2 rings (SSSR count). The summed E-state index contributed by atoms with van der Waals surface area (Å²) in [5.74, 6) is -0.196. The Balaban J connectivity index is 1.87. The van der Waals surface area contributed by atoms with Gasteiger partial charge in [-0.25, -0.2) is 4.79 Å². The van der Waals surface area contributed by atoms with E-state index in [-0.39, 0.29) is 5.82 Å².